The molecule has 1 amide bonds. The van der Waals surface area contributed by atoms with E-state index in [4.69, 9.17) is 0 Å². The molecule has 1 aromatic rings. The van der Waals surface area contributed by atoms with Crippen molar-refractivity contribution in [1.82, 2.24) is 4.90 Å². The zero-order chi connectivity index (χ0) is 16.3. The van der Waals surface area contributed by atoms with E-state index in [1.165, 1.54) is 6.07 Å². The van der Waals surface area contributed by atoms with E-state index >= 15 is 0 Å². The van der Waals surface area contributed by atoms with Crippen LogP contribution in [0.15, 0.2) is 18.2 Å². The lowest BCUT2D eigenvalue weighted by molar-refractivity contribution is -0.383. The number of nitrogens with one attached hydrogen (secondary N) is 1. The van der Waals surface area contributed by atoms with Gasteiger partial charge < -0.3 is 15.1 Å². The summed E-state index contributed by atoms with van der Waals surface area (Å²) >= 11 is 0. The average molecular weight is 306 g/mol. The van der Waals surface area contributed by atoms with E-state index < -0.39 is 4.92 Å². The number of piperazine rings is 1. The van der Waals surface area contributed by atoms with Crippen LogP contribution >= 0.6 is 0 Å². The molecule has 1 heterocycles. The van der Waals surface area contributed by atoms with Gasteiger partial charge in [0, 0.05) is 50.9 Å². The van der Waals surface area contributed by atoms with E-state index in [-0.39, 0.29) is 17.5 Å². The molecule has 0 bridgehead atoms. The van der Waals surface area contributed by atoms with Crippen molar-refractivity contribution in [2.24, 2.45) is 5.92 Å². The third kappa shape index (κ3) is 3.29. The first-order chi connectivity index (χ1) is 10.4. The lowest BCUT2D eigenvalue weighted by Crippen LogP contribution is -2.49. The highest BCUT2D eigenvalue weighted by Gasteiger charge is 2.24. The Labute approximate surface area is 130 Å². The average Bonchev–Trinajstić information content (AvgIpc) is 2.53. The molecule has 0 saturated carbocycles. The molecule has 22 heavy (non-hydrogen) atoms. The molecule has 0 aromatic heterocycles. The van der Waals surface area contributed by atoms with Crippen molar-refractivity contribution in [3.8, 4) is 0 Å². The first kappa shape index (κ1) is 16.1. The number of hydrogen-bond donors (Lipinski definition) is 1. The third-order valence-electron chi connectivity index (χ3n) is 3.90. The van der Waals surface area contributed by atoms with Crippen LogP contribution < -0.4 is 10.2 Å². The van der Waals surface area contributed by atoms with Crippen molar-refractivity contribution in [1.29, 1.82) is 0 Å². The van der Waals surface area contributed by atoms with Crippen LogP contribution in [0.25, 0.3) is 0 Å². The molecule has 0 atom stereocenters. The van der Waals surface area contributed by atoms with Crippen LogP contribution in [0, 0.1) is 16.0 Å². The van der Waals surface area contributed by atoms with Crippen LogP contribution in [0.2, 0.25) is 0 Å². The molecule has 0 unspecified atom stereocenters. The maximum Gasteiger partial charge on any atom is 0.292 e. The van der Waals surface area contributed by atoms with E-state index in [0.717, 1.165) is 18.8 Å². The number of nitrogens with zero attached hydrogens (tertiary/aromatic N) is 3. The highest BCUT2D eigenvalue weighted by atomic mass is 16.6. The Morgan fingerprint density at radius 2 is 1.91 bits per heavy atom. The molecule has 0 aliphatic carbocycles. The fourth-order valence-corrected chi connectivity index (χ4v) is 2.63. The largest absolute Gasteiger partial charge is 0.383 e. The van der Waals surface area contributed by atoms with Crippen molar-refractivity contribution in [2.45, 2.75) is 13.8 Å². The van der Waals surface area contributed by atoms with Gasteiger partial charge in [0.2, 0.25) is 5.91 Å². The van der Waals surface area contributed by atoms with Gasteiger partial charge in [-0.3, -0.25) is 14.9 Å². The fourth-order valence-electron chi connectivity index (χ4n) is 2.63. The van der Waals surface area contributed by atoms with Gasteiger partial charge in [0.25, 0.3) is 5.69 Å². The molecule has 1 aromatic carbocycles. The number of carbonyl (C=O) groups excluding carboxylic acids is 1. The Morgan fingerprint density at radius 1 is 1.27 bits per heavy atom. The minimum absolute atomic E-state index is 0.0156. The molecule has 2 rings (SSSR count). The van der Waals surface area contributed by atoms with E-state index in [9.17, 15) is 14.9 Å². The maximum absolute atomic E-state index is 12.0. The summed E-state index contributed by atoms with van der Waals surface area (Å²) in [6.45, 7) is 6.65. The number of anilines is 2. The molecule has 1 aliphatic rings. The minimum atomic E-state index is -0.394. The Hall–Kier alpha value is -2.31. The first-order valence-electron chi connectivity index (χ1n) is 7.44. The van der Waals surface area contributed by atoms with Gasteiger partial charge in [-0.2, -0.15) is 0 Å². The van der Waals surface area contributed by atoms with Gasteiger partial charge in [0.15, 0.2) is 0 Å². The van der Waals surface area contributed by atoms with Gasteiger partial charge in [-0.05, 0) is 12.1 Å². The summed E-state index contributed by atoms with van der Waals surface area (Å²) in [4.78, 5) is 26.6. The van der Waals surface area contributed by atoms with Crippen molar-refractivity contribution in [3.05, 3.63) is 28.3 Å². The Bertz CT molecular complexity index is 566. The zero-order valence-corrected chi connectivity index (χ0v) is 13.2. The topological polar surface area (TPSA) is 78.7 Å². The molecule has 0 radical (unpaired) electrons. The van der Waals surface area contributed by atoms with E-state index in [2.05, 4.69) is 10.2 Å². The lowest BCUT2D eigenvalue weighted by atomic mass is 10.1. The second-order valence-corrected chi connectivity index (χ2v) is 5.68. The number of amides is 1. The Balaban J connectivity index is 2.08. The Morgan fingerprint density at radius 3 is 2.41 bits per heavy atom. The summed E-state index contributed by atoms with van der Waals surface area (Å²) in [6, 6.07) is 5.07. The Kier molecular flexibility index (Phi) is 4.85. The number of hydrogen-bond acceptors (Lipinski definition) is 5. The smallest absolute Gasteiger partial charge is 0.292 e. The van der Waals surface area contributed by atoms with Gasteiger partial charge >= 0.3 is 0 Å². The molecule has 0 spiro atoms. The van der Waals surface area contributed by atoms with Crippen LogP contribution in [-0.2, 0) is 4.79 Å². The van der Waals surface area contributed by atoms with Gasteiger partial charge in [-0.1, -0.05) is 13.8 Å². The van der Waals surface area contributed by atoms with Crippen molar-refractivity contribution >= 4 is 23.0 Å². The maximum atomic E-state index is 12.0. The van der Waals surface area contributed by atoms with E-state index in [1.54, 1.807) is 19.2 Å². The summed E-state index contributed by atoms with van der Waals surface area (Å²) < 4.78 is 0. The van der Waals surface area contributed by atoms with Gasteiger partial charge in [-0.15, -0.1) is 0 Å². The van der Waals surface area contributed by atoms with E-state index in [1.807, 2.05) is 18.7 Å². The number of nitro benzene ring substituents is 1. The summed E-state index contributed by atoms with van der Waals surface area (Å²) in [5.41, 5.74) is 1.51. The van der Waals surface area contributed by atoms with Crippen LogP contribution in [-0.4, -0.2) is 49.0 Å². The molecule has 1 saturated heterocycles. The van der Waals surface area contributed by atoms with Gasteiger partial charge in [-0.25, -0.2) is 0 Å². The zero-order valence-electron chi connectivity index (χ0n) is 13.2. The molecule has 1 N–H and O–H groups in total. The molecule has 120 valence electrons. The molecular weight excluding hydrogens is 284 g/mol. The molecule has 1 fully saturated rings. The summed E-state index contributed by atoms with van der Waals surface area (Å²) in [6.07, 6.45) is 0. The van der Waals surface area contributed by atoms with Crippen LogP contribution in [0.3, 0.4) is 0 Å². The summed E-state index contributed by atoms with van der Waals surface area (Å²) in [5, 5.41) is 13.8. The highest BCUT2D eigenvalue weighted by molar-refractivity contribution is 5.78. The second-order valence-electron chi connectivity index (χ2n) is 5.68. The minimum Gasteiger partial charge on any atom is -0.383 e. The molecule has 1 aliphatic heterocycles. The monoisotopic (exact) mass is 306 g/mol. The number of rotatable bonds is 4. The third-order valence-corrected chi connectivity index (χ3v) is 3.90. The van der Waals surface area contributed by atoms with Gasteiger partial charge in [0.05, 0.1) is 4.92 Å². The number of nitro groups is 1. The second kappa shape index (κ2) is 6.64. The normalized spacial score (nSPS) is 15.1. The summed E-state index contributed by atoms with van der Waals surface area (Å²) in [5.74, 6) is 0.195. The van der Waals surface area contributed by atoms with E-state index in [0.29, 0.717) is 18.8 Å². The van der Waals surface area contributed by atoms with Crippen LogP contribution in [0.4, 0.5) is 17.1 Å². The molecule has 7 nitrogen and oxygen atoms in total. The van der Waals surface area contributed by atoms with Gasteiger partial charge in [0.1, 0.15) is 5.69 Å². The highest BCUT2D eigenvalue weighted by Crippen LogP contribution is 2.29. The summed E-state index contributed by atoms with van der Waals surface area (Å²) in [7, 11) is 1.67. The fraction of sp³-hybridized carbons (Fsp3) is 0.533. The van der Waals surface area contributed by atoms with Crippen molar-refractivity contribution in [2.75, 3.05) is 43.4 Å². The van der Waals surface area contributed by atoms with Crippen molar-refractivity contribution < 1.29 is 9.72 Å². The van der Waals surface area contributed by atoms with Crippen LogP contribution in [0.1, 0.15) is 13.8 Å². The lowest BCUT2D eigenvalue weighted by Gasteiger charge is -2.37. The number of carbonyl (C=O) groups is 1. The number of benzene rings is 1. The quantitative estimate of drug-likeness (QED) is 0.679. The first-order valence-corrected chi connectivity index (χ1v) is 7.44. The predicted octanol–water partition coefficient (Wildman–Crippen LogP) is 1.94. The van der Waals surface area contributed by atoms with Crippen LogP contribution in [0.5, 0.6) is 0 Å². The SMILES string of the molecule is CNc1cc(N2CCN(C(=O)C(C)C)CC2)ccc1[N+](=O)[O-]. The predicted molar refractivity (Wildman–Crippen MR) is 86.3 cm³/mol. The molecule has 7 heteroatoms. The van der Waals surface area contributed by atoms with Crippen molar-refractivity contribution in [3.63, 3.8) is 0 Å². The molecular formula is C15H22N4O3. The standard InChI is InChI=1S/C15H22N4O3/c1-11(2)15(20)18-8-6-17(7-9-18)12-4-5-14(19(21)22)13(10-12)16-3/h4-5,10-11,16H,6-9H2,1-3H3.